The van der Waals surface area contributed by atoms with Gasteiger partial charge in [-0.05, 0) is 60.7 Å². The topological polar surface area (TPSA) is 109 Å². The lowest BCUT2D eigenvalue weighted by Gasteiger charge is -2.35. The molecule has 2 aromatic carbocycles. The van der Waals surface area contributed by atoms with Gasteiger partial charge in [0.2, 0.25) is 5.91 Å². The first-order valence-corrected chi connectivity index (χ1v) is 12.2. The van der Waals surface area contributed by atoms with Crippen molar-refractivity contribution in [2.75, 3.05) is 45.3 Å². The number of methoxy groups -OCH3 is 2. The van der Waals surface area contributed by atoms with E-state index >= 15 is 0 Å². The highest BCUT2D eigenvalue weighted by molar-refractivity contribution is 5.77. The fraction of sp³-hybridized carbons (Fsp3) is 0.250. The number of aromatic nitrogens is 4. The van der Waals surface area contributed by atoms with Gasteiger partial charge >= 0.3 is 0 Å². The number of carbonyl (C=O) groups excluding carboxylic acids is 1. The summed E-state index contributed by atoms with van der Waals surface area (Å²) in [5.41, 5.74) is 2.18. The third-order valence-electron chi connectivity index (χ3n) is 6.49. The second-order valence-electron chi connectivity index (χ2n) is 8.73. The first kappa shape index (κ1) is 24.8. The van der Waals surface area contributed by atoms with E-state index in [0.29, 0.717) is 49.2 Å². The Morgan fingerprint density at radius 2 is 1.55 bits per heavy atom. The van der Waals surface area contributed by atoms with E-state index in [4.69, 9.17) is 19.6 Å². The third-order valence-corrected chi connectivity index (χ3v) is 6.49. The van der Waals surface area contributed by atoms with Gasteiger partial charge in [-0.2, -0.15) is 5.26 Å². The van der Waals surface area contributed by atoms with Crippen LogP contribution in [-0.2, 0) is 11.3 Å². The molecule has 0 unspecified atom stereocenters. The molecule has 192 valence electrons. The molecule has 0 saturated carbocycles. The fourth-order valence-electron chi connectivity index (χ4n) is 4.40. The van der Waals surface area contributed by atoms with Gasteiger partial charge in [0.1, 0.15) is 29.9 Å². The molecular weight excluding hydrogens is 482 g/mol. The number of amides is 1. The molecule has 1 saturated heterocycles. The molecule has 5 rings (SSSR count). The van der Waals surface area contributed by atoms with E-state index in [9.17, 15) is 10.1 Å². The van der Waals surface area contributed by atoms with E-state index in [1.165, 1.54) is 0 Å². The summed E-state index contributed by atoms with van der Waals surface area (Å²) in [7, 11) is 3.24. The molecule has 38 heavy (non-hydrogen) atoms. The Bertz CT molecular complexity index is 1450. The Labute approximate surface area is 220 Å². The second kappa shape index (κ2) is 11.0. The van der Waals surface area contributed by atoms with E-state index in [0.717, 1.165) is 22.6 Å². The van der Waals surface area contributed by atoms with Crippen LogP contribution in [0.5, 0.6) is 11.5 Å². The van der Waals surface area contributed by atoms with Crippen molar-refractivity contribution in [2.45, 2.75) is 6.54 Å². The SMILES string of the molecule is COc1ccc(-c2nc(-c3ccc(OC)cc3)n(CC(=O)N3CCN(c4ncccc4C#N)CC3)n2)cc1. The van der Waals surface area contributed by atoms with Crippen LogP contribution < -0.4 is 14.4 Å². The van der Waals surface area contributed by atoms with Crippen LogP contribution in [0.25, 0.3) is 22.8 Å². The molecule has 0 spiro atoms. The standard InChI is InChI=1S/C28H27N7O3/c1-37-23-9-5-20(6-10-23)26-31-28(21-7-11-24(38-2)12-8-21)35(32-26)19-25(36)33-14-16-34(17-15-33)27-22(18-29)4-3-13-30-27/h3-13H,14-17,19H2,1-2H3. The molecule has 0 aliphatic carbocycles. The average Bonchev–Trinajstić information content (AvgIpc) is 3.40. The zero-order valence-corrected chi connectivity index (χ0v) is 21.2. The van der Waals surface area contributed by atoms with E-state index in [2.05, 4.69) is 11.1 Å². The van der Waals surface area contributed by atoms with Crippen molar-refractivity contribution in [1.82, 2.24) is 24.6 Å². The Kier molecular flexibility index (Phi) is 7.17. The minimum absolute atomic E-state index is 0.0490. The van der Waals surface area contributed by atoms with Crippen LogP contribution in [0.15, 0.2) is 66.9 Å². The molecule has 2 aromatic heterocycles. The summed E-state index contributed by atoms with van der Waals surface area (Å²) in [6.45, 7) is 2.29. The van der Waals surface area contributed by atoms with Crippen LogP contribution in [0, 0.1) is 11.3 Å². The van der Waals surface area contributed by atoms with Crippen molar-refractivity contribution in [3.8, 4) is 40.3 Å². The lowest BCUT2D eigenvalue weighted by molar-refractivity contribution is -0.132. The summed E-state index contributed by atoms with van der Waals surface area (Å²) in [6, 6.07) is 20.7. The van der Waals surface area contributed by atoms with Gasteiger partial charge in [-0.1, -0.05) is 0 Å². The largest absolute Gasteiger partial charge is 0.497 e. The van der Waals surface area contributed by atoms with Crippen LogP contribution in [0.2, 0.25) is 0 Å². The minimum atomic E-state index is -0.0490. The molecule has 0 radical (unpaired) electrons. The first-order chi connectivity index (χ1) is 18.6. The normalized spacial score (nSPS) is 13.2. The number of ether oxygens (including phenoxy) is 2. The number of nitrogens with zero attached hydrogens (tertiary/aromatic N) is 7. The first-order valence-electron chi connectivity index (χ1n) is 12.2. The number of nitriles is 1. The van der Waals surface area contributed by atoms with E-state index in [1.54, 1.807) is 37.2 Å². The zero-order valence-electron chi connectivity index (χ0n) is 21.2. The number of hydrogen-bond donors (Lipinski definition) is 0. The lowest BCUT2D eigenvalue weighted by Crippen LogP contribution is -2.50. The molecule has 10 nitrogen and oxygen atoms in total. The van der Waals surface area contributed by atoms with Crippen LogP contribution in [0.4, 0.5) is 5.82 Å². The molecule has 4 aromatic rings. The van der Waals surface area contributed by atoms with Crippen molar-refractivity contribution in [2.24, 2.45) is 0 Å². The summed E-state index contributed by atoms with van der Waals surface area (Å²) in [6.07, 6.45) is 1.68. The van der Waals surface area contributed by atoms with Gasteiger partial charge in [0.15, 0.2) is 11.6 Å². The van der Waals surface area contributed by atoms with Crippen molar-refractivity contribution >= 4 is 11.7 Å². The van der Waals surface area contributed by atoms with Crippen LogP contribution in [0.3, 0.4) is 0 Å². The highest BCUT2D eigenvalue weighted by Crippen LogP contribution is 2.26. The quantitative estimate of drug-likeness (QED) is 0.374. The monoisotopic (exact) mass is 509 g/mol. The molecule has 1 aliphatic heterocycles. The molecule has 1 amide bonds. The highest BCUT2D eigenvalue weighted by atomic mass is 16.5. The summed E-state index contributed by atoms with van der Waals surface area (Å²) >= 11 is 0. The van der Waals surface area contributed by atoms with Gasteiger partial charge in [-0.3, -0.25) is 4.79 Å². The van der Waals surface area contributed by atoms with Crippen molar-refractivity contribution < 1.29 is 14.3 Å². The van der Waals surface area contributed by atoms with E-state index in [1.807, 2.05) is 58.3 Å². The van der Waals surface area contributed by atoms with E-state index in [-0.39, 0.29) is 12.5 Å². The van der Waals surface area contributed by atoms with Crippen molar-refractivity contribution in [3.63, 3.8) is 0 Å². The Morgan fingerprint density at radius 1 is 0.921 bits per heavy atom. The van der Waals surface area contributed by atoms with Gasteiger partial charge < -0.3 is 19.3 Å². The fourth-order valence-corrected chi connectivity index (χ4v) is 4.40. The highest BCUT2D eigenvalue weighted by Gasteiger charge is 2.25. The molecule has 0 atom stereocenters. The van der Waals surface area contributed by atoms with E-state index < -0.39 is 0 Å². The number of carbonyl (C=O) groups is 1. The van der Waals surface area contributed by atoms with Gasteiger partial charge in [0.05, 0.1) is 19.8 Å². The number of pyridine rings is 1. The van der Waals surface area contributed by atoms with Crippen molar-refractivity contribution in [1.29, 1.82) is 5.26 Å². The average molecular weight is 510 g/mol. The van der Waals surface area contributed by atoms with Gasteiger partial charge in [0, 0.05) is 43.5 Å². The third kappa shape index (κ3) is 5.13. The van der Waals surface area contributed by atoms with Gasteiger partial charge in [-0.15, -0.1) is 5.10 Å². The molecule has 3 heterocycles. The van der Waals surface area contributed by atoms with Crippen LogP contribution >= 0.6 is 0 Å². The number of hydrogen-bond acceptors (Lipinski definition) is 8. The summed E-state index contributed by atoms with van der Waals surface area (Å²) in [5.74, 6) is 3.20. The lowest BCUT2D eigenvalue weighted by atomic mass is 10.2. The van der Waals surface area contributed by atoms with Crippen LogP contribution in [0.1, 0.15) is 5.56 Å². The molecule has 0 N–H and O–H groups in total. The molecular formula is C28H27N7O3. The maximum absolute atomic E-state index is 13.4. The summed E-state index contributed by atoms with van der Waals surface area (Å²) in [4.78, 5) is 26.4. The Balaban J connectivity index is 1.36. The number of benzene rings is 2. The Hall–Kier alpha value is -4.91. The predicted octanol–water partition coefficient (Wildman–Crippen LogP) is 3.24. The minimum Gasteiger partial charge on any atom is -0.497 e. The number of anilines is 1. The maximum Gasteiger partial charge on any atom is 0.244 e. The number of piperazine rings is 1. The molecule has 10 heteroatoms. The Morgan fingerprint density at radius 3 is 2.16 bits per heavy atom. The second-order valence-corrected chi connectivity index (χ2v) is 8.73. The molecule has 1 aliphatic rings. The van der Waals surface area contributed by atoms with Crippen LogP contribution in [-0.4, -0.2) is 71.0 Å². The smallest absolute Gasteiger partial charge is 0.244 e. The maximum atomic E-state index is 13.4. The number of rotatable bonds is 7. The predicted molar refractivity (Wildman–Crippen MR) is 142 cm³/mol. The zero-order chi connectivity index (χ0) is 26.5. The summed E-state index contributed by atoms with van der Waals surface area (Å²) < 4.78 is 12.2. The van der Waals surface area contributed by atoms with Crippen molar-refractivity contribution in [3.05, 3.63) is 72.4 Å². The molecule has 0 bridgehead atoms. The van der Waals surface area contributed by atoms with Gasteiger partial charge in [0.25, 0.3) is 0 Å². The van der Waals surface area contributed by atoms with Gasteiger partial charge in [-0.25, -0.2) is 14.6 Å². The molecule has 1 fully saturated rings. The summed E-state index contributed by atoms with van der Waals surface area (Å²) in [5, 5.41) is 14.1.